The molecular formula is C58H128O8. The summed E-state index contributed by atoms with van der Waals surface area (Å²) in [4.78, 5) is 39.3. The van der Waals surface area contributed by atoms with E-state index in [1.54, 1.807) is 27.7 Å². The van der Waals surface area contributed by atoms with Gasteiger partial charge < -0.3 is 18.9 Å². The molecule has 0 spiro atoms. The van der Waals surface area contributed by atoms with Gasteiger partial charge in [-0.2, -0.15) is 0 Å². The summed E-state index contributed by atoms with van der Waals surface area (Å²) in [6.07, 6.45) is 42.1. The summed E-state index contributed by atoms with van der Waals surface area (Å²) < 4.78 is 17.6. The number of unbranched alkanes of at least 4 members (excludes halogenated alkanes) is 24. The van der Waals surface area contributed by atoms with E-state index in [9.17, 15) is 19.2 Å². The van der Waals surface area contributed by atoms with Gasteiger partial charge in [0.05, 0.1) is 26.4 Å². The number of rotatable bonds is 28. The molecule has 0 amide bonds. The Balaban J connectivity index is -0.0000000660. The Hall–Kier alpha value is -2.12. The first-order chi connectivity index (χ1) is 31.6. The summed E-state index contributed by atoms with van der Waals surface area (Å²) in [7, 11) is 0. The Morgan fingerprint density at radius 2 is 0.288 bits per heavy atom. The highest BCUT2D eigenvalue weighted by molar-refractivity contribution is 5.66. The number of carbonyl (C=O) groups excluding carboxylic acids is 4. The summed E-state index contributed by atoms with van der Waals surface area (Å²) in [6.45, 7) is 41.6. The summed E-state index contributed by atoms with van der Waals surface area (Å²) in [5, 5.41) is 0. The van der Waals surface area contributed by atoms with Gasteiger partial charge in [0.15, 0.2) is 0 Å². The van der Waals surface area contributed by atoms with E-state index in [4.69, 9.17) is 0 Å². The minimum atomic E-state index is -0.211. The molecule has 408 valence electrons. The predicted molar refractivity (Wildman–Crippen MR) is 296 cm³/mol. The molecule has 8 heteroatoms. The van der Waals surface area contributed by atoms with Crippen molar-refractivity contribution in [1.29, 1.82) is 0 Å². The van der Waals surface area contributed by atoms with E-state index in [1.807, 2.05) is 0 Å². The van der Waals surface area contributed by atoms with Crippen molar-refractivity contribution in [2.24, 2.45) is 0 Å². The minimum Gasteiger partial charge on any atom is -0.466 e. The van der Waals surface area contributed by atoms with Crippen LogP contribution in [0.1, 0.15) is 331 Å². The molecule has 0 aromatic carbocycles. The fraction of sp³-hybridized carbons (Fsp3) is 0.931. The van der Waals surface area contributed by atoms with E-state index in [0.717, 1.165) is 0 Å². The van der Waals surface area contributed by atoms with Gasteiger partial charge in [-0.15, -0.1) is 0 Å². The largest absolute Gasteiger partial charge is 0.466 e. The van der Waals surface area contributed by atoms with Gasteiger partial charge in [0.25, 0.3) is 0 Å². The molecule has 0 aromatic heterocycles. The van der Waals surface area contributed by atoms with Gasteiger partial charge >= 0.3 is 23.9 Å². The molecule has 0 heterocycles. The zero-order valence-corrected chi connectivity index (χ0v) is 49.3. The first-order valence-corrected chi connectivity index (χ1v) is 28.1. The van der Waals surface area contributed by atoms with Crippen molar-refractivity contribution >= 4 is 23.9 Å². The molecular weight excluding hydrogens is 825 g/mol. The molecule has 0 rings (SSSR count). The molecule has 0 saturated carbocycles. The van der Waals surface area contributed by atoms with Crippen LogP contribution >= 0.6 is 0 Å². The highest BCUT2D eigenvalue weighted by Gasteiger charge is 1.86. The van der Waals surface area contributed by atoms with Crippen molar-refractivity contribution in [3.8, 4) is 0 Å². The van der Waals surface area contributed by atoms with Crippen molar-refractivity contribution in [2.45, 2.75) is 331 Å². The third-order valence-corrected chi connectivity index (χ3v) is 8.63. The van der Waals surface area contributed by atoms with E-state index < -0.39 is 0 Å². The van der Waals surface area contributed by atoms with Gasteiger partial charge in [0, 0.05) is 27.7 Å². The van der Waals surface area contributed by atoms with Crippen molar-refractivity contribution in [3.05, 3.63) is 0 Å². The lowest BCUT2D eigenvalue weighted by Gasteiger charge is -1.90. The smallest absolute Gasteiger partial charge is 0.302 e. The Morgan fingerprint density at radius 1 is 0.197 bits per heavy atom. The zero-order valence-electron chi connectivity index (χ0n) is 49.3. The van der Waals surface area contributed by atoms with E-state index >= 15 is 0 Å². The number of hydrogen-bond acceptors (Lipinski definition) is 8. The molecule has 0 aromatic rings. The Morgan fingerprint density at radius 3 is 0.318 bits per heavy atom. The Bertz CT molecular complexity index is 592. The molecule has 0 unspecified atom stereocenters. The summed E-state index contributed by atoms with van der Waals surface area (Å²) in [5.41, 5.74) is 0. The van der Waals surface area contributed by atoms with Crippen LogP contribution in [0.15, 0.2) is 0 Å². The molecule has 0 aliphatic heterocycles. The first-order valence-electron chi connectivity index (χ1n) is 28.1. The fourth-order valence-corrected chi connectivity index (χ4v) is 4.87. The predicted octanol–water partition coefficient (Wildman–Crippen LogP) is 20.1. The maximum absolute atomic E-state index is 9.82. The molecule has 66 heavy (non-hydrogen) atoms. The number of hydrogen-bond donors (Lipinski definition) is 0. The molecule has 0 radical (unpaired) electrons. The standard InChI is InChI=1S/6C7H16.4C4H8O2/c6*1-3-5-7-6-4-2;4*1-3-6-4(2)5/h6*3-7H2,1-2H3;4*3H2,1-2H3. The maximum Gasteiger partial charge on any atom is 0.302 e. The molecule has 0 fully saturated rings. The van der Waals surface area contributed by atoms with E-state index in [0.29, 0.717) is 26.4 Å². The molecule has 0 aliphatic carbocycles. The van der Waals surface area contributed by atoms with Crippen LogP contribution < -0.4 is 0 Å². The Labute approximate surface area is 418 Å². The first kappa shape index (κ1) is 87.0. The third kappa shape index (κ3) is 200. The lowest BCUT2D eigenvalue weighted by molar-refractivity contribution is -0.141. The van der Waals surface area contributed by atoms with Crippen molar-refractivity contribution in [1.82, 2.24) is 0 Å². The quantitative estimate of drug-likeness (QED) is 0.0434. The van der Waals surface area contributed by atoms with Crippen LogP contribution in [0.3, 0.4) is 0 Å². The van der Waals surface area contributed by atoms with Crippen LogP contribution in [-0.2, 0) is 38.1 Å². The highest BCUT2D eigenvalue weighted by Crippen LogP contribution is 2.03. The van der Waals surface area contributed by atoms with Crippen LogP contribution in [0.2, 0.25) is 0 Å². The fourth-order valence-electron chi connectivity index (χ4n) is 4.87. The normalized spacial score (nSPS) is 8.79. The van der Waals surface area contributed by atoms with Crippen molar-refractivity contribution < 1.29 is 38.1 Å². The molecule has 0 N–H and O–H groups in total. The summed E-state index contributed by atoms with van der Waals surface area (Å²) >= 11 is 0. The molecule has 0 bridgehead atoms. The molecule has 8 nitrogen and oxygen atoms in total. The SMILES string of the molecule is CCCCCCC.CCCCCCC.CCCCCCC.CCCCCCC.CCCCCCC.CCCCCCC.CCOC(C)=O.CCOC(C)=O.CCOC(C)=O.CCOC(C)=O. The van der Waals surface area contributed by atoms with Gasteiger partial charge in [-0.3, -0.25) is 19.2 Å². The average molecular weight is 954 g/mol. The van der Waals surface area contributed by atoms with E-state index in [-0.39, 0.29) is 23.9 Å². The average Bonchev–Trinajstić information content (AvgIpc) is 3.27. The maximum atomic E-state index is 9.82. The van der Waals surface area contributed by atoms with Crippen LogP contribution in [0, 0.1) is 0 Å². The van der Waals surface area contributed by atoms with Crippen molar-refractivity contribution in [2.75, 3.05) is 26.4 Å². The van der Waals surface area contributed by atoms with Gasteiger partial charge in [-0.05, 0) is 27.7 Å². The zero-order chi connectivity index (χ0) is 53.2. The highest BCUT2D eigenvalue weighted by atomic mass is 16.5. The number of carbonyl (C=O) groups is 4. The van der Waals surface area contributed by atoms with E-state index in [1.165, 1.54) is 220 Å². The molecule has 0 atom stereocenters. The molecule has 0 saturated heterocycles. The topological polar surface area (TPSA) is 105 Å². The van der Waals surface area contributed by atoms with Crippen LogP contribution in [0.25, 0.3) is 0 Å². The van der Waals surface area contributed by atoms with Gasteiger partial charge in [-0.1, -0.05) is 276 Å². The van der Waals surface area contributed by atoms with Crippen molar-refractivity contribution in [3.63, 3.8) is 0 Å². The minimum absolute atomic E-state index is 0.211. The number of esters is 4. The number of ether oxygens (including phenoxy) is 4. The van der Waals surface area contributed by atoms with Crippen LogP contribution in [-0.4, -0.2) is 50.3 Å². The monoisotopic (exact) mass is 953 g/mol. The summed E-state index contributed by atoms with van der Waals surface area (Å²) in [6, 6.07) is 0. The Kier molecular flexibility index (Phi) is 138. The summed E-state index contributed by atoms with van der Waals surface area (Å²) in [5.74, 6) is -0.843. The molecule has 0 aliphatic rings. The second kappa shape index (κ2) is 105. The van der Waals surface area contributed by atoms with Gasteiger partial charge in [-0.25, -0.2) is 0 Å². The second-order valence-corrected chi connectivity index (χ2v) is 16.1. The second-order valence-electron chi connectivity index (χ2n) is 16.1. The van der Waals surface area contributed by atoms with Crippen LogP contribution in [0.5, 0.6) is 0 Å². The van der Waals surface area contributed by atoms with Gasteiger partial charge in [0.2, 0.25) is 0 Å². The lowest BCUT2D eigenvalue weighted by atomic mass is 10.2. The third-order valence-electron chi connectivity index (χ3n) is 8.63. The van der Waals surface area contributed by atoms with E-state index in [2.05, 4.69) is 102 Å². The lowest BCUT2D eigenvalue weighted by Crippen LogP contribution is -1.95. The van der Waals surface area contributed by atoms with Gasteiger partial charge in [0.1, 0.15) is 0 Å². The van der Waals surface area contributed by atoms with Crippen LogP contribution in [0.4, 0.5) is 0 Å².